The average Bonchev–Trinajstić information content (AvgIpc) is 2.71. The van der Waals surface area contributed by atoms with Gasteiger partial charge in [-0.25, -0.2) is 0 Å². The molecule has 1 aromatic carbocycles. The summed E-state index contributed by atoms with van der Waals surface area (Å²) >= 11 is 3.54. The average molecular weight is 547 g/mol. The zero-order chi connectivity index (χ0) is 21.1. The maximum Gasteiger partial charge on any atom is 0.253 e. The minimum absolute atomic E-state index is 0. The molecule has 1 atom stereocenters. The molecule has 1 aromatic heterocycles. The predicted molar refractivity (Wildman–Crippen MR) is 129 cm³/mol. The van der Waals surface area contributed by atoms with E-state index in [9.17, 15) is 9.59 Å². The van der Waals surface area contributed by atoms with Crippen LogP contribution in [0.25, 0.3) is 11.0 Å². The van der Waals surface area contributed by atoms with Crippen LogP contribution in [-0.2, 0) is 4.74 Å². The van der Waals surface area contributed by atoms with Gasteiger partial charge in [0.1, 0.15) is 5.58 Å². The van der Waals surface area contributed by atoms with Gasteiger partial charge in [0.25, 0.3) is 5.91 Å². The molecule has 1 fully saturated rings. The molecule has 166 valence electrons. The highest BCUT2D eigenvalue weighted by atomic mass is 79.9. The second kappa shape index (κ2) is 10.7. The molecule has 1 aliphatic rings. The number of ether oxygens (including phenoxy) is 1. The highest BCUT2D eigenvalue weighted by Crippen LogP contribution is 2.32. The lowest BCUT2D eigenvalue weighted by atomic mass is 10.1. The van der Waals surface area contributed by atoms with E-state index in [1.165, 1.54) is 0 Å². The Morgan fingerprint density at radius 3 is 2.47 bits per heavy atom. The van der Waals surface area contributed by atoms with Crippen LogP contribution in [0.3, 0.4) is 0 Å². The normalized spacial score (nSPS) is 15.2. The second-order valence-electron chi connectivity index (χ2n) is 7.61. The van der Waals surface area contributed by atoms with E-state index in [-0.39, 0.29) is 33.1 Å². The molecule has 7 nitrogen and oxygen atoms in total. The van der Waals surface area contributed by atoms with Crippen molar-refractivity contribution in [3.8, 4) is 0 Å². The van der Waals surface area contributed by atoms with E-state index in [4.69, 9.17) is 9.15 Å². The van der Waals surface area contributed by atoms with Crippen molar-refractivity contribution >= 4 is 55.7 Å². The lowest BCUT2D eigenvalue weighted by Crippen LogP contribution is -2.37. The van der Waals surface area contributed by atoms with Crippen LogP contribution in [-0.4, -0.2) is 76.2 Å². The lowest BCUT2D eigenvalue weighted by Gasteiger charge is -2.29. The number of halogens is 2. The Morgan fingerprint density at radius 1 is 1.20 bits per heavy atom. The van der Waals surface area contributed by atoms with Gasteiger partial charge in [-0.05, 0) is 39.2 Å². The van der Waals surface area contributed by atoms with Crippen LogP contribution in [0.1, 0.15) is 27.7 Å². The van der Waals surface area contributed by atoms with Gasteiger partial charge in [0.05, 0.1) is 24.2 Å². The predicted octanol–water partition coefficient (Wildman–Crippen LogP) is 3.30. The van der Waals surface area contributed by atoms with E-state index < -0.39 is 0 Å². The Labute approximate surface area is 195 Å². The van der Waals surface area contributed by atoms with Crippen LogP contribution >= 0.6 is 32.9 Å². The third-order valence-corrected chi connectivity index (χ3v) is 5.54. The number of anilines is 1. The number of hydrogen-bond acceptors (Lipinski definition) is 6. The fourth-order valence-electron chi connectivity index (χ4n) is 3.35. The number of alkyl halides is 1. The number of nitrogens with zero attached hydrogens (tertiary/aromatic N) is 3. The minimum atomic E-state index is -0.178. The van der Waals surface area contributed by atoms with Crippen LogP contribution in [0.4, 0.5) is 5.88 Å². The zero-order valence-electron chi connectivity index (χ0n) is 17.8. The number of carbonyl (C=O) groups excluding carboxylic acids is 1. The van der Waals surface area contributed by atoms with Crippen LogP contribution in [0.15, 0.2) is 27.4 Å². The van der Waals surface area contributed by atoms with Crippen molar-refractivity contribution in [2.45, 2.75) is 11.8 Å². The van der Waals surface area contributed by atoms with Gasteiger partial charge < -0.3 is 23.9 Å². The molecule has 3 rings (SSSR count). The Bertz CT molecular complexity index is 940. The van der Waals surface area contributed by atoms with Gasteiger partial charge in [0.15, 0.2) is 5.43 Å². The molecule has 2 heterocycles. The Morgan fingerprint density at radius 2 is 1.87 bits per heavy atom. The Hall–Kier alpha value is -1.42. The van der Waals surface area contributed by atoms with Gasteiger partial charge in [-0.1, -0.05) is 15.9 Å². The smallest absolute Gasteiger partial charge is 0.253 e. The van der Waals surface area contributed by atoms with Crippen molar-refractivity contribution in [2.24, 2.45) is 0 Å². The molecular weight excluding hydrogens is 518 g/mol. The summed E-state index contributed by atoms with van der Waals surface area (Å²) in [6.45, 7) is 5.84. The fourth-order valence-corrected chi connectivity index (χ4v) is 3.76. The van der Waals surface area contributed by atoms with Gasteiger partial charge >= 0.3 is 0 Å². The van der Waals surface area contributed by atoms with E-state index in [0.29, 0.717) is 60.8 Å². The van der Waals surface area contributed by atoms with Gasteiger partial charge in [-0.15, -0.1) is 17.0 Å². The molecule has 1 unspecified atom stereocenters. The molecule has 0 N–H and O–H groups in total. The number of amides is 1. The first kappa shape index (κ1) is 24.8. The first-order valence-electron chi connectivity index (χ1n) is 9.77. The van der Waals surface area contributed by atoms with E-state index >= 15 is 0 Å². The molecule has 1 saturated heterocycles. The summed E-state index contributed by atoms with van der Waals surface area (Å²) in [7, 11) is 5.70. The molecule has 0 aliphatic carbocycles. The summed E-state index contributed by atoms with van der Waals surface area (Å²) in [6.07, 6.45) is 0. The first-order chi connectivity index (χ1) is 13.8. The Balaban J connectivity index is 0.00000320. The number of carbonyl (C=O) groups is 1. The van der Waals surface area contributed by atoms with Crippen LogP contribution < -0.4 is 10.3 Å². The number of hydrogen-bond donors (Lipinski definition) is 0. The standard InChI is InChI=1S/C21H28BrN3O4.BrH/c1-14(22)18-19(26)16-13-15(20(27)24(4)8-7-23(2)3)5-6-17(16)29-21(18)25-9-11-28-12-10-25;/h5-6,13-14H,7-12H2,1-4H3;1H. The Kier molecular flexibility index (Phi) is 8.90. The topological polar surface area (TPSA) is 66.2 Å². The highest BCUT2D eigenvalue weighted by Gasteiger charge is 2.25. The van der Waals surface area contributed by atoms with E-state index in [1.54, 1.807) is 30.1 Å². The number of fused-ring (bicyclic) bond motifs is 1. The van der Waals surface area contributed by atoms with Gasteiger partial charge in [-0.2, -0.15) is 0 Å². The first-order valence-corrected chi connectivity index (χ1v) is 10.7. The van der Waals surface area contributed by atoms with Crippen LogP contribution in [0, 0.1) is 0 Å². The van der Waals surface area contributed by atoms with Gasteiger partial charge in [0.2, 0.25) is 5.88 Å². The summed E-state index contributed by atoms with van der Waals surface area (Å²) in [5.74, 6) is 0.469. The molecule has 30 heavy (non-hydrogen) atoms. The number of benzene rings is 1. The molecule has 1 aliphatic heterocycles. The number of rotatable bonds is 6. The maximum absolute atomic E-state index is 13.3. The third-order valence-electron chi connectivity index (χ3n) is 5.08. The van der Waals surface area contributed by atoms with Crippen molar-refractivity contribution in [2.75, 3.05) is 65.4 Å². The minimum Gasteiger partial charge on any atom is -0.440 e. The van der Waals surface area contributed by atoms with Crippen LogP contribution in [0.5, 0.6) is 0 Å². The fraction of sp³-hybridized carbons (Fsp3) is 0.524. The second-order valence-corrected chi connectivity index (χ2v) is 8.98. The highest BCUT2D eigenvalue weighted by molar-refractivity contribution is 9.09. The molecule has 2 aromatic rings. The quantitative estimate of drug-likeness (QED) is 0.518. The van der Waals surface area contributed by atoms with E-state index in [1.807, 2.05) is 30.8 Å². The molecule has 9 heteroatoms. The molecule has 1 amide bonds. The molecule has 0 bridgehead atoms. The number of morpholine rings is 1. The molecule has 0 spiro atoms. The van der Waals surface area contributed by atoms with Crippen molar-refractivity contribution in [1.82, 2.24) is 9.80 Å². The number of likely N-dealkylation sites (N-methyl/N-ethyl adjacent to an activating group) is 2. The maximum atomic E-state index is 13.3. The van der Waals surface area contributed by atoms with Crippen molar-refractivity contribution in [1.29, 1.82) is 0 Å². The van der Waals surface area contributed by atoms with Crippen molar-refractivity contribution in [3.05, 3.63) is 39.5 Å². The molecule has 0 saturated carbocycles. The van der Waals surface area contributed by atoms with E-state index in [2.05, 4.69) is 15.9 Å². The van der Waals surface area contributed by atoms with Gasteiger partial charge in [-0.3, -0.25) is 9.59 Å². The summed E-state index contributed by atoms with van der Waals surface area (Å²) in [4.78, 5) is 31.7. The van der Waals surface area contributed by atoms with Crippen LogP contribution in [0.2, 0.25) is 0 Å². The zero-order valence-corrected chi connectivity index (χ0v) is 21.1. The largest absolute Gasteiger partial charge is 0.440 e. The van der Waals surface area contributed by atoms with Crippen molar-refractivity contribution < 1.29 is 13.9 Å². The van der Waals surface area contributed by atoms with E-state index in [0.717, 1.165) is 6.54 Å². The van der Waals surface area contributed by atoms with Crippen molar-refractivity contribution in [3.63, 3.8) is 0 Å². The SMILES string of the molecule is Br.CC(Br)c1c(N2CCOCC2)oc2ccc(C(=O)N(C)CCN(C)C)cc2c1=O. The summed E-state index contributed by atoms with van der Waals surface area (Å²) in [5, 5.41) is 0.426. The monoisotopic (exact) mass is 545 g/mol. The summed E-state index contributed by atoms with van der Waals surface area (Å²) < 4.78 is 11.6. The molecule has 0 radical (unpaired) electrons. The third kappa shape index (κ3) is 5.43. The molecular formula is C21H29Br2N3O4. The van der Waals surface area contributed by atoms with Gasteiger partial charge in [0, 0.05) is 43.6 Å². The summed E-state index contributed by atoms with van der Waals surface area (Å²) in [5.41, 5.74) is 1.44. The summed E-state index contributed by atoms with van der Waals surface area (Å²) in [6, 6.07) is 5.09. The lowest BCUT2D eigenvalue weighted by molar-refractivity contribution is 0.0786.